The quantitative estimate of drug-likeness (QED) is 0.389. The standard InChI is InChI=1S/C23H21NO7/c1-10-19(27)17(12(3)25)21-18(20(10)28)23(4)15(31-21)8-14(26)16(22(23)29)11(2)24-9-13-6-5-7-30-13/h5-8,24,27-28H,9H2,1-4H3/b16-11+/t23-/m1/s1. The van der Waals surface area contributed by atoms with Crippen LogP contribution < -0.4 is 10.1 Å². The molecule has 1 aliphatic heterocycles. The zero-order chi connectivity index (χ0) is 22.7. The van der Waals surface area contributed by atoms with Crippen molar-refractivity contribution in [3.05, 3.63) is 64.0 Å². The molecule has 8 heteroatoms. The summed E-state index contributed by atoms with van der Waals surface area (Å²) in [6.45, 7) is 6.09. The van der Waals surface area contributed by atoms with Crippen LogP contribution in [0.1, 0.15) is 48.0 Å². The molecule has 1 atom stereocenters. The van der Waals surface area contributed by atoms with E-state index in [9.17, 15) is 24.6 Å². The predicted octanol–water partition coefficient (Wildman–Crippen LogP) is 2.95. The first-order chi connectivity index (χ1) is 14.6. The Labute approximate surface area is 177 Å². The molecular formula is C23H21NO7. The summed E-state index contributed by atoms with van der Waals surface area (Å²) in [6.07, 6.45) is 2.71. The van der Waals surface area contributed by atoms with Crippen LogP contribution in [-0.2, 0) is 21.5 Å². The summed E-state index contributed by atoms with van der Waals surface area (Å²) >= 11 is 0. The first-order valence-corrected chi connectivity index (χ1v) is 9.65. The number of carbonyl (C=O) groups is 3. The number of hydrogen-bond donors (Lipinski definition) is 3. The Morgan fingerprint density at radius 2 is 1.90 bits per heavy atom. The van der Waals surface area contributed by atoms with Crippen molar-refractivity contribution in [2.24, 2.45) is 0 Å². The van der Waals surface area contributed by atoms with Crippen molar-refractivity contribution in [3.8, 4) is 17.2 Å². The summed E-state index contributed by atoms with van der Waals surface area (Å²) in [6, 6.07) is 3.48. The molecule has 1 aromatic carbocycles. The molecule has 0 radical (unpaired) electrons. The van der Waals surface area contributed by atoms with Gasteiger partial charge >= 0.3 is 0 Å². The van der Waals surface area contributed by atoms with Crippen LogP contribution in [0.25, 0.3) is 0 Å². The maximum Gasteiger partial charge on any atom is 0.194 e. The van der Waals surface area contributed by atoms with Crippen molar-refractivity contribution in [3.63, 3.8) is 0 Å². The zero-order valence-electron chi connectivity index (χ0n) is 17.5. The highest BCUT2D eigenvalue weighted by molar-refractivity contribution is 6.31. The second kappa shape index (κ2) is 6.87. The summed E-state index contributed by atoms with van der Waals surface area (Å²) in [5.74, 6) is -1.88. The van der Waals surface area contributed by atoms with E-state index in [4.69, 9.17) is 9.15 Å². The van der Waals surface area contributed by atoms with E-state index in [2.05, 4.69) is 5.32 Å². The van der Waals surface area contributed by atoms with Gasteiger partial charge in [0.05, 0.1) is 23.9 Å². The third-order valence-electron chi connectivity index (χ3n) is 5.87. The number of phenolic OH excluding ortho intramolecular Hbond substituents is 2. The number of nitrogens with one attached hydrogen (secondary N) is 1. The molecule has 31 heavy (non-hydrogen) atoms. The maximum atomic E-state index is 13.6. The Hall–Kier alpha value is -3.81. The second-order valence-electron chi connectivity index (χ2n) is 7.82. The molecule has 160 valence electrons. The lowest BCUT2D eigenvalue weighted by Gasteiger charge is -2.29. The van der Waals surface area contributed by atoms with Crippen molar-refractivity contribution in [2.75, 3.05) is 0 Å². The topological polar surface area (TPSA) is 126 Å². The molecule has 0 saturated carbocycles. The number of benzene rings is 1. The Morgan fingerprint density at radius 3 is 2.52 bits per heavy atom. The molecule has 4 rings (SSSR count). The van der Waals surface area contributed by atoms with Gasteiger partial charge in [0.25, 0.3) is 0 Å². The summed E-state index contributed by atoms with van der Waals surface area (Å²) < 4.78 is 11.0. The van der Waals surface area contributed by atoms with E-state index >= 15 is 0 Å². The van der Waals surface area contributed by atoms with E-state index in [1.807, 2.05) is 0 Å². The summed E-state index contributed by atoms with van der Waals surface area (Å²) in [5.41, 5.74) is -1.29. The molecule has 2 aliphatic rings. The Kier molecular flexibility index (Phi) is 4.53. The summed E-state index contributed by atoms with van der Waals surface area (Å²) in [7, 11) is 0. The zero-order valence-corrected chi connectivity index (χ0v) is 17.5. The van der Waals surface area contributed by atoms with Crippen molar-refractivity contribution in [1.29, 1.82) is 0 Å². The van der Waals surface area contributed by atoms with Gasteiger partial charge in [-0.15, -0.1) is 0 Å². The number of furan rings is 1. The highest BCUT2D eigenvalue weighted by atomic mass is 16.5. The number of Topliss-reactive ketones (excluding diaryl/α,β-unsaturated/α-hetero) is 2. The average molecular weight is 423 g/mol. The number of aromatic hydroxyl groups is 2. The van der Waals surface area contributed by atoms with Crippen LogP contribution in [0.2, 0.25) is 0 Å². The fraction of sp³-hybridized carbons (Fsp3) is 0.261. The van der Waals surface area contributed by atoms with Gasteiger partial charge in [-0.1, -0.05) is 0 Å². The monoisotopic (exact) mass is 423 g/mol. The van der Waals surface area contributed by atoms with Crippen LogP contribution in [0.3, 0.4) is 0 Å². The van der Waals surface area contributed by atoms with Crippen molar-refractivity contribution in [1.82, 2.24) is 5.32 Å². The summed E-state index contributed by atoms with van der Waals surface area (Å²) in [5, 5.41) is 24.2. The molecule has 0 unspecified atom stereocenters. The fourth-order valence-electron chi connectivity index (χ4n) is 4.08. The van der Waals surface area contributed by atoms with Crippen LogP contribution in [-0.4, -0.2) is 27.6 Å². The van der Waals surface area contributed by atoms with Gasteiger partial charge in [-0.25, -0.2) is 0 Å². The number of fused-ring (bicyclic) bond motifs is 3. The van der Waals surface area contributed by atoms with Gasteiger partial charge < -0.3 is 24.7 Å². The Morgan fingerprint density at radius 1 is 1.19 bits per heavy atom. The molecular weight excluding hydrogens is 402 g/mol. The molecule has 0 fully saturated rings. The molecule has 8 nitrogen and oxygen atoms in total. The van der Waals surface area contributed by atoms with Crippen molar-refractivity contribution in [2.45, 2.75) is 39.7 Å². The average Bonchev–Trinajstić information content (AvgIpc) is 3.31. The highest BCUT2D eigenvalue weighted by Gasteiger charge is 2.56. The minimum Gasteiger partial charge on any atom is -0.507 e. The normalized spacial score (nSPS) is 21.2. The first-order valence-electron chi connectivity index (χ1n) is 9.65. The van der Waals surface area contributed by atoms with Gasteiger partial charge in [-0.05, 0) is 39.8 Å². The van der Waals surface area contributed by atoms with Crippen molar-refractivity contribution >= 4 is 17.3 Å². The van der Waals surface area contributed by atoms with Gasteiger partial charge in [0.15, 0.2) is 17.3 Å². The number of phenols is 2. The Bertz CT molecular complexity index is 1220. The van der Waals surface area contributed by atoms with Gasteiger partial charge in [0.1, 0.15) is 39.7 Å². The SMILES string of the molecule is CC(=O)c1c(O)c(C)c(O)c2c1OC1=CC(=O)/C(=C(/C)NCc3ccco3)C(=O)[C@]12C. The lowest BCUT2D eigenvalue weighted by atomic mass is 9.70. The number of carbonyl (C=O) groups excluding carboxylic acids is 3. The van der Waals surface area contributed by atoms with Crippen LogP contribution in [0, 0.1) is 6.92 Å². The first kappa shape index (κ1) is 20.5. The second-order valence-corrected chi connectivity index (χ2v) is 7.82. The molecule has 2 heterocycles. The largest absolute Gasteiger partial charge is 0.507 e. The molecule has 0 saturated heterocycles. The van der Waals surface area contributed by atoms with Gasteiger partial charge in [-0.2, -0.15) is 0 Å². The minimum absolute atomic E-state index is 0.00267. The number of rotatable bonds is 4. The molecule has 3 N–H and O–H groups in total. The molecule has 1 aromatic heterocycles. The van der Waals surface area contributed by atoms with Gasteiger partial charge in [-0.3, -0.25) is 14.4 Å². The smallest absolute Gasteiger partial charge is 0.194 e. The highest BCUT2D eigenvalue weighted by Crippen LogP contribution is 2.57. The Balaban J connectivity index is 1.87. The lowest BCUT2D eigenvalue weighted by molar-refractivity contribution is -0.123. The number of ketones is 3. The molecule has 0 bridgehead atoms. The number of ether oxygens (including phenoxy) is 1. The van der Waals surface area contributed by atoms with E-state index < -0.39 is 28.5 Å². The minimum atomic E-state index is -1.53. The summed E-state index contributed by atoms with van der Waals surface area (Å²) in [4.78, 5) is 38.6. The predicted molar refractivity (Wildman–Crippen MR) is 109 cm³/mol. The van der Waals surface area contributed by atoms with E-state index in [0.717, 1.165) is 0 Å². The van der Waals surface area contributed by atoms with E-state index in [0.29, 0.717) is 11.5 Å². The third-order valence-corrected chi connectivity index (χ3v) is 5.87. The number of hydrogen-bond acceptors (Lipinski definition) is 8. The van der Waals surface area contributed by atoms with Gasteiger partial charge in [0, 0.05) is 17.3 Å². The van der Waals surface area contributed by atoms with Crippen LogP contribution >= 0.6 is 0 Å². The molecule has 1 aliphatic carbocycles. The van der Waals surface area contributed by atoms with Crippen LogP contribution in [0.4, 0.5) is 0 Å². The third kappa shape index (κ3) is 2.78. The lowest BCUT2D eigenvalue weighted by Crippen LogP contribution is -2.41. The van der Waals surface area contributed by atoms with Gasteiger partial charge in [0.2, 0.25) is 0 Å². The number of allylic oxidation sites excluding steroid dienone is 4. The maximum absolute atomic E-state index is 13.6. The fourth-order valence-corrected chi connectivity index (χ4v) is 4.08. The van der Waals surface area contributed by atoms with E-state index in [1.54, 1.807) is 19.1 Å². The van der Waals surface area contributed by atoms with E-state index in [-0.39, 0.29) is 46.1 Å². The van der Waals surface area contributed by atoms with Crippen LogP contribution in [0.5, 0.6) is 17.2 Å². The molecule has 0 amide bonds. The molecule has 2 aromatic rings. The van der Waals surface area contributed by atoms with Crippen molar-refractivity contribution < 1.29 is 33.8 Å². The van der Waals surface area contributed by atoms with Crippen LogP contribution in [0.15, 0.2) is 45.9 Å². The van der Waals surface area contributed by atoms with E-state index in [1.165, 1.54) is 33.1 Å². The molecule has 0 spiro atoms.